The highest BCUT2D eigenvalue weighted by Crippen LogP contribution is 2.34. The molecule has 0 radical (unpaired) electrons. The lowest BCUT2D eigenvalue weighted by molar-refractivity contribution is -0.123. The van der Waals surface area contributed by atoms with E-state index in [1.165, 1.54) is 36.5 Å². The standard InChI is InChI=1S/C16H22N4O5S.ClH/c1-10-9-20(7-6-17-10)26(23,24)11-4-5-13(25-3)12(8-11)16(2)14(21)18-15(22)19-16;/h4-5,8,10,17H,6-7,9H2,1-3H3,(H2,18,19,21,22);1H. The largest absolute Gasteiger partial charge is 0.496 e. The van der Waals surface area contributed by atoms with E-state index in [1.807, 2.05) is 6.92 Å². The first-order valence-electron chi connectivity index (χ1n) is 8.24. The molecule has 0 aliphatic carbocycles. The zero-order valence-electron chi connectivity index (χ0n) is 15.2. The first-order valence-corrected chi connectivity index (χ1v) is 9.68. The molecule has 3 amide bonds. The zero-order chi connectivity index (χ0) is 19.1. The van der Waals surface area contributed by atoms with Crippen molar-refractivity contribution < 1.29 is 22.7 Å². The summed E-state index contributed by atoms with van der Waals surface area (Å²) in [5.74, 6) is -0.247. The fourth-order valence-electron chi connectivity index (χ4n) is 3.24. The van der Waals surface area contributed by atoms with Gasteiger partial charge in [0.15, 0.2) is 0 Å². The van der Waals surface area contributed by atoms with Gasteiger partial charge in [-0.25, -0.2) is 13.2 Å². The molecule has 0 bridgehead atoms. The van der Waals surface area contributed by atoms with Crippen LogP contribution in [0.3, 0.4) is 0 Å². The van der Waals surface area contributed by atoms with E-state index in [9.17, 15) is 18.0 Å². The summed E-state index contributed by atoms with van der Waals surface area (Å²) in [4.78, 5) is 23.9. The minimum Gasteiger partial charge on any atom is -0.496 e. The second-order valence-corrected chi connectivity index (χ2v) is 8.55. The number of urea groups is 1. The molecule has 0 aromatic heterocycles. The summed E-state index contributed by atoms with van der Waals surface area (Å²) in [6.45, 7) is 4.72. The van der Waals surface area contributed by atoms with Gasteiger partial charge in [-0.05, 0) is 32.0 Å². The molecule has 11 heteroatoms. The van der Waals surface area contributed by atoms with E-state index in [-0.39, 0.29) is 28.9 Å². The van der Waals surface area contributed by atoms with Gasteiger partial charge >= 0.3 is 6.03 Å². The number of carbonyl (C=O) groups is 2. The van der Waals surface area contributed by atoms with E-state index in [0.29, 0.717) is 25.4 Å². The molecule has 1 aromatic rings. The van der Waals surface area contributed by atoms with Gasteiger partial charge in [0, 0.05) is 31.2 Å². The van der Waals surface area contributed by atoms with Gasteiger partial charge in [0.1, 0.15) is 11.3 Å². The first kappa shape index (κ1) is 21.4. The van der Waals surface area contributed by atoms with Gasteiger partial charge in [-0.3, -0.25) is 10.1 Å². The van der Waals surface area contributed by atoms with Gasteiger partial charge in [-0.2, -0.15) is 4.31 Å². The molecule has 3 N–H and O–H groups in total. The highest BCUT2D eigenvalue weighted by molar-refractivity contribution is 7.89. The maximum atomic E-state index is 13.0. The minimum absolute atomic E-state index is 0. The molecule has 0 spiro atoms. The predicted molar refractivity (Wildman–Crippen MR) is 100 cm³/mol. The molecule has 2 saturated heterocycles. The summed E-state index contributed by atoms with van der Waals surface area (Å²) < 4.78 is 32.7. The van der Waals surface area contributed by atoms with Crippen molar-refractivity contribution in [3.05, 3.63) is 23.8 Å². The van der Waals surface area contributed by atoms with E-state index < -0.39 is 27.5 Å². The average Bonchev–Trinajstić information content (AvgIpc) is 2.87. The molecule has 1 aromatic carbocycles. The Morgan fingerprint density at radius 1 is 1.30 bits per heavy atom. The molecular formula is C16H23ClN4O5S. The third-order valence-electron chi connectivity index (χ3n) is 4.72. The summed E-state index contributed by atoms with van der Waals surface area (Å²) in [6, 6.07) is 3.75. The maximum Gasteiger partial charge on any atom is 0.322 e. The molecule has 2 heterocycles. The normalized spacial score (nSPS) is 26.1. The molecule has 0 saturated carbocycles. The highest BCUT2D eigenvalue weighted by Gasteiger charge is 2.46. The Hall–Kier alpha value is -1.88. The van der Waals surface area contributed by atoms with Gasteiger partial charge in [0.2, 0.25) is 10.0 Å². The number of amides is 3. The van der Waals surface area contributed by atoms with Crippen LogP contribution >= 0.6 is 12.4 Å². The van der Waals surface area contributed by atoms with Gasteiger partial charge < -0.3 is 15.4 Å². The van der Waals surface area contributed by atoms with Crippen molar-refractivity contribution in [3.8, 4) is 5.75 Å². The van der Waals surface area contributed by atoms with E-state index in [0.717, 1.165) is 0 Å². The molecule has 2 aliphatic heterocycles. The molecule has 2 atom stereocenters. The summed E-state index contributed by atoms with van der Waals surface area (Å²) in [6.07, 6.45) is 0. The molecule has 2 unspecified atom stereocenters. The summed E-state index contributed by atoms with van der Waals surface area (Å²) in [5, 5.41) is 7.91. The van der Waals surface area contributed by atoms with E-state index in [1.54, 1.807) is 0 Å². The topological polar surface area (TPSA) is 117 Å². The molecule has 2 fully saturated rings. The van der Waals surface area contributed by atoms with Crippen LogP contribution in [0.4, 0.5) is 4.79 Å². The number of sulfonamides is 1. The lowest BCUT2D eigenvalue weighted by Gasteiger charge is -2.31. The Morgan fingerprint density at radius 2 is 2.00 bits per heavy atom. The number of hydrogen-bond acceptors (Lipinski definition) is 6. The second kappa shape index (κ2) is 7.63. The van der Waals surface area contributed by atoms with E-state index >= 15 is 0 Å². The number of benzene rings is 1. The number of nitrogens with one attached hydrogen (secondary N) is 3. The number of hydrogen-bond donors (Lipinski definition) is 3. The lowest BCUT2D eigenvalue weighted by atomic mass is 9.91. The van der Waals surface area contributed by atoms with Crippen LogP contribution in [0.15, 0.2) is 23.1 Å². The number of piperazine rings is 1. The maximum absolute atomic E-state index is 13.0. The van der Waals surface area contributed by atoms with Crippen LogP contribution in [0.25, 0.3) is 0 Å². The van der Waals surface area contributed by atoms with Crippen LogP contribution in [0.2, 0.25) is 0 Å². The van der Waals surface area contributed by atoms with Gasteiger partial charge in [0.25, 0.3) is 5.91 Å². The number of methoxy groups -OCH3 is 1. The molecule has 27 heavy (non-hydrogen) atoms. The van der Waals surface area contributed by atoms with Crippen molar-refractivity contribution in [2.75, 3.05) is 26.7 Å². The predicted octanol–water partition coefficient (Wildman–Crippen LogP) is 0.154. The zero-order valence-corrected chi connectivity index (χ0v) is 16.9. The summed E-state index contributed by atoms with van der Waals surface area (Å²) in [7, 11) is -2.32. The van der Waals surface area contributed by atoms with Crippen LogP contribution in [0, 0.1) is 0 Å². The van der Waals surface area contributed by atoms with Crippen LogP contribution < -0.4 is 20.7 Å². The monoisotopic (exact) mass is 418 g/mol. The smallest absolute Gasteiger partial charge is 0.322 e. The number of nitrogens with zero attached hydrogens (tertiary/aromatic N) is 1. The SMILES string of the molecule is COc1ccc(S(=O)(=O)N2CCNC(C)C2)cc1C1(C)NC(=O)NC1=O.Cl. The van der Waals surface area contributed by atoms with Crippen LogP contribution in [0.1, 0.15) is 19.4 Å². The Bertz CT molecular complexity index is 862. The number of ether oxygens (including phenoxy) is 1. The Morgan fingerprint density at radius 3 is 2.56 bits per heavy atom. The van der Waals surface area contributed by atoms with Gasteiger partial charge in [-0.1, -0.05) is 0 Å². The van der Waals surface area contributed by atoms with Crippen molar-refractivity contribution in [2.24, 2.45) is 0 Å². The number of halogens is 1. The second-order valence-electron chi connectivity index (χ2n) is 6.61. The fraction of sp³-hybridized carbons (Fsp3) is 0.500. The number of carbonyl (C=O) groups excluding carboxylic acids is 2. The summed E-state index contributed by atoms with van der Waals surface area (Å²) in [5.41, 5.74) is -1.13. The van der Waals surface area contributed by atoms with Crippen LogP contribution in [-0.4, -0.2) is 57.4 Å². The first-order chi connectivity index (χ1) is 12.2. The van der Waals surface area contributed by atoms with Crippen LogP contribution in [-0.2, 0) is 20.4 Å². The van der Waals surface area contributed by atoms with E-state index in [4.69, 9.17) is 4.74 Å². The molecular weight excluding hydrogens is 396 g/mol. The van der Waals surface area contributed by atoms with Crippen LogP contribution in [0.5, 0.6) is 5.75 Å². The fourth-order valence-corrected chi connectivity index (χ4v) is 4.79. The molecule has 3 rings (SSSR count). The third-order valence-corrected chi connectivity index (χ3v) is 6.58. The molecule has 150 valence electrons. The minimum atomic E-state index is -3.74. The van der Waals surface area contributed by atoms with Crippen molar-refractivity contribution in [1.29, 1.82) is 0 Å². The number of rotatable bonds is 4. The highest BCUT2D eigenvalue weighted by atomic mass is 35.5. The number of imide groups is 1. The Labute approximate surface area is 164 Å². The van der Waals surface area contributed by atoms with E-state index in [2.05, 4.69) is 16.0 Å². The van der Waals surface area contributed by atoms with Crippen molar-refractivity contribution in [3.63, 3.8) is 0 Å². The Kier molecular flexibility index (Phi) is 6.05. The quantitative estimate of drug-likeness (QED) is 0.599. The molecule has 2 aliphatic rings. The average molecular weight is 419 g/mol. The third kappa shape index (κ3) is 3.75. The molecule has 9 nitrogen and oxygen atoms in total. The van der Waals surface area contributed by atoms with Crippen molar-refractivity contribution >= 4 is 34.4 Å². The lowest BCUT2D eigenvalue weighted by Crippen LogP contribution is -2.51. The van der Waals surface area contributed by atoms with Crippen molar-refractivity contribution in [2.45, 2.75) is 30.3 Å². The summed E-state index contributed by atoms with van der Waals surface area (Å²) >= 11 is 0. The van der Waals surface area contributed by atoms with Gasteiger partial charge in [0.05, 0.1) is 12.0 Å². The Balaban J connectivity index is 0.00000261. The van der Waals surface area contributed by atoms with Gasteiger partial charge in [-0.15, -0.1) is 12.4 Å². The van der Waals surface area contributed by atoms with Crippen molar-refractivity contribution in [1.82, 2.24) is 20.3 Å².